The first-order valence-electron chi connectivity index (χ1n) is 16.7. The number of nitrogens with one attached hydrogen (secondary N) is 3. The Bertz CT molecular complexity index is 1890. The lowest BCUT2D eigenvalue weighted by Crippen LogP contribution is -2.24. The fourth-order valence-corrected chi connectivity index (χ4v) is 7.87. The van der Waals surface area contributed by atoms with Crippen molar-refractivity contribution in [3.8, 4) is 0 Å². The van der Waals surface area contributed by atoms with E-state index in [0.29, 0.717) is 21.1 Å². The fraction of sp³-hybridized carbons (Fsp3) is 0.395. The van der Waals surface area contributed by atoms with E-state index in [1.165, 1.54) is 36.6 Å². The van der Waals surface area contributed by atoms with Crippen LogP contribution in [0.5, 0.6) is 0 Å². The first kappa shape index (κ1) is 34.0. The van der Waals surface area contributed by atoms with E-state index in [4.69, 9.17) is 9.97 Å². The summed E-state index contributed by atoms with van der Waals surface area (Å²) >= 11 is 0. The van der Waals surface area contributed by atoms with E-state index in [0.717, 1.165) is 97.6 Å². The van der Waals surface area contributed by atoms with E-state index >= 15 is 0 Å². The third-order valence-corrected chi connectivity index (χ3v) is 11.3. The molecule has 2 unspecified atom stereocenters. The van der Waals surface area contributed by atoms with Crippen LogP contribution < -0.4 is 5.32 Å². The van der Waals surface area contributed by atoms with Gasteiger partial charge in [0, 0.05) is 63.4 Å². The van der Waals surface area contributed by atoms with Gasteiger partial charge in [-0.3, -0.25) is 4.79 Å². The molecule has 242 valence electrons. The SMILES string of the molecule is C=Cc1c(C)c2cc3nc(c(C)c4nc(cc5[nH]c(cc1[nH]2)c(C)c5CC)C(C)=C4)C(CCC(=O)NCCCCCC[PH2+]P)=C3C. The Hall–Kier alpha value is -3.33. The van der Waals surface area contributed by atoms with Crippen LogP contribution in [-0.4, -0.2) is 38.5 Å². The van der Waals surface area contributed by atoms with Crippen molar-refractivity contribution < 1.29 is 4.79 Å². The maximum absolute atomic E-state index is 12.9. The molecule has 0 fully saturated rings. The van der Waals surface area contributed by atoms with Crippen molar-refractivity contribution in [1.82, 2.24) is 25.3 Å². The number of nitrogens with zero attached hydrogens (tertiary/aromatic N) is 2. The lowest BCUT2D eigenvalue weighted by Gasteiger charge is -2.08. The van der Waals surface area contributed by atoms with E-state index in [1.54, 1.807) is 0 Å². The van der Waals surface area contributed by atoms with Gasteiger partial charge in [0.1, 0.15) is 0 Å². The summed E-state index contributed by atoms with van der Waals surface area (Å²) < 4.78 is 0. The second kappa shape index (κ2) is 15.1. The standard InChI is InChI=1S/C38H49N5OP2/c1-8-27-24(5)33-21-36-28(9-2)23(4)32(41-36)20-34-25(6)29(14-15-37(44)39-16-12-10-11-13-17-46-45)38(43-34)26(7)31-18-22(3)30(40-31)19-35(27)42-33/h9,18-21,41-42,46H,2,8,10-17,45H2,1,3-7H3,(H,39,44)/p+1. The highest BCUT2D eigenvalue weighted by Crippen LogP contribution is 2.37. The van der Waals surface area contributed by atoms with Crippen molar-refractivity contribution in [3.63, 3.8) is 0 Å². The van der Waals surface area contributed by atoms with Crippen molar-refractivity contribution in [2.24, 2.45) is 0 Å². The molecule has 6 nitrogen and oxygen atoms in total. The molecule has 0 saturated heterocycles. The van der Waals surface area contributed by atoms with Gasteiger partial charge in [-0.05, 0) is 124 Å². The molecule has 0 aliphatic carbocycles. The monoisotopic (exact) mass is 654 g/mol. The number of hydrogen-bond donors (Lipinski definition) is 3. The van der Waals surface area contributed by atoms with Crippen molar-refractivity contribution >= 4 is 74.0 Å². The predicted octanol–water partition coefficient (Wildman–Crippen LogP) is 9.59. The van der Waals surface area contributed by atoms with Gasteiger partial charge in [0.2, 0.25) is 5.91 Å². The summed E-state index contributed by atoms with van der Waals surface area (Å²) in [6.07, 6.45) is 12.2. The number of H-pyrrole nitrogens is 2. The molecule has 0 aromatic carbocycles. The summed E-state index contributed by atoms with van der Waals surface area (Å²) in [7, 11) is 3.40. The highest BCUT2D eigenvalue weighted by Gasteiger charge is 2.22. The van der Waals surface area contributed by atoms with Crippen LogP contribution in [0.25, 0.3) is 50.9 Å². The Kier molecular flexibility index (Phi) is 11.1. The number of carbonyl (C=O) groups excluding carboxylic acids is 1. The zero-order valence-electron chi connectivity index (χ0n) is 28.4. The Morgan fingerprint density at radius 1 is 0.913 bits per heavy atom. The van der Waals surface area contributed by atoms with Gasteiger partial charge in [-0.2, -0.15) is 0 Å². The Morgan fingerprint density at radius 2 is 1.63 bits per heavy atom. The molecular weight excluding hydrogens is 604 g/mol. The van der Waals surface area contributed by atoms with E-state index < -0.39 is 0 Å². The van der Waals surface area contributed by atoms with Crippen molar-refractivity contribution in [2.45, 2.75) is 86.5 Å². The second-order valence-electron chi connectivity index (χ2n) is 12.6. The summed E-state index contributed by atoms with van der Waals surface area (Å²) in [5.74, 6) is 0.102. The molecule has 3 aromatic heterocycles. The number of rotatable bonds is 12. The minimum absolute atomic E-state index is 0.102. The smallest absolute Gasteiger partial charge is 0.220 e. The maximum Gasteiger partial charge on any atom is 0.220 e. The number of amides is 1. The lowest BCUT2D eigenvalue weighted by molar-refractivity contribution is -0.120. The van der Waals surface area contributed by atoms with Gasteiger partial charge >= 0.3 is 0 Å². The first-order chi connectivity index (χ1) is 22.2. The fourth-order valence-electron chi connectivity index (χ4n) is 6.64. The van der Waals surface area contributed by atoms with Gasteiger partial charge in [0.05, 0.1) is 28.9 Å². The molecule has 0 saturated carbocycles. The average molecular weight is 655 g/mol. The number of unbranched alkanes of at least 4 members (excludes halogenated alkanes) is 3. The minimum Gasteiger partial charge on any atom is -0.356 e. The molecule has 46 heavy (non-hydrogen) atoms. The molecule has 3 N–H and O–H groups in total. The Balaban J connectivity index is 1.60. The van der Waals surface area contributed by atoms with Crippen molar-refractivity contribution in [3.05, 3.63) is 75.4 Å². The van der Waals surface area contributed by atoms with Crippen molar-refractivity contribution in [2.75, 3.05) is 12.7 Å². The molecule has 2 aliphatic heterocycles. The number of carbonyl (C=O) groups is 1. The third-order valence-electron chi connectivity index (χ3n) is 9.54. The maximum atomic E-state index is 12.9. The van der Waals surface area contributed by atoms with Crippen LogP contribution in [0.15, 0.2) is 24.8 Å². The Labute approximate surface area is 278 Å². The van der Waals surface area contributed by atoms with Gasteiger partial charge in [0.25, 0.3) is 0 Å². The quantitative estimate of drug-likeness (QED) is 0.134. The van der Waals surface area contributed by atoms with E-state index in [-0.39, 0.29) is 5.91 Å². The van der Waals surface area contributed by atoms with Crippen molar-refractivity contribution in [1.29, 1.82) is 0 Å². The molecule has 0 spiro atoms. The largest absolute Gasteiger partial charge is 0.356 e. The van der Waals surface area contributed by atoms with E-state index in [9.17, 15) is 4.79 Å². The summed E-state index contributed by atoms with van der Waals surface area (Å²) in [5.41, 5.74) is 17.1. The molecule has 8 bridgehead atoms. The summed E-state index contributed by atoms with van der Waals surface area (Å²) in [6, 6.07) is 6.52. The summed E-state index contributed by atoms with van der Waals surface area (Å²) in [6.45, 7) is 17.8. The van der Waals surface area contributed by atoms with Gasteiger partial charge < -0.3 is 15.3 Å². The molecule has 8 heteroatoms. The summed E-state index contributed by atoms with van der Waals surface area (Å²) in [5, 5.41) is 3.15. The van der Waals surface area contributed by atoms with Gasteiger partial charge in [-0.15, -0.1) is 0 Å². The number of hydrogen-bond acceptors (Lipinski definition) is 3. The molecule has 5 rings (SSSR count). The lowest BCUT2D eigenvalue weighted by atomic mass is 9.98. The highest BCUT2D eigenvalue weighted by atomic mass is 32.0. The highest BCUT2D eigenvalue weighted by molar-refractivity contribution is 8.02. The van der Waals surface area contributed by atoms with E-state index in [2.05, 4.69) is 96.6 Å². The number of fused-ring (bicyclic) bond motifs is 8. The number of allylic oxidation sites excluding steroid dienone is 3. The van der Waals surface area contributed by atoms with Gasteiger partial charge in [-0.25, -0.2) is 9.97 Å². The zero-order valence-corrected chi connectivity index (χ0v) is 30.7. The molecule has 2 aliphatic rings. The zero-order chi connectivity index (χ0) is 33.0. The number of aromatic amines is 2. The molecule has 5 heterocycles. The van der Waals surface area contributed by atoms with E-state index in [1.807, 2.05) is 6.08 Å². The predicted molar refractivity (Wildman–Crippen MR) is 206 cm³/mol. The molecule has 2 atom stereocenters. The molecule has 0 radical (unpaired) electrons. The molecule has 3 aromatic rings. The van der Waals surface area contributed by atoms with Gasteiger partial charge in [-0.1, -0.05) is 26.0 Å². The number of aryl methyl sites for hydroxylation is 3. The number of aromatic nitrogens is 4. The van der Waals surface area contributed by atoms with Crippen LogP contribution in [-0.2, 0) is 11.2 Å². The summed E-state index contributed by atoms with van der Waals surface area (Å²) in [4.78, 5) is 30.6. The van der Waals surface area contributed by atoms with Crippen LogP contribution in [0, 0.1) is 20.8 Å². The molecular formula is C38H50N5OP2+. The minimum atomic E-state index is 0.102. The third kappa shape index (κ3) is 7.14. The first-order valence-corrected chi connectivity index (χ1v) is 20.2. The Morgan fingerprint density at radius 3 is 2.37 bits per heavy atom. The molecule has 1 amide bonds. The van der Waals surface area contributed by atoms with Crippen LogP contribution in [0.4, 0.5) is 0 Å². The average Bonchev–Trinajstić information content (AvgIpc) is 3.73. The van der Waals surface area contributed by atoms with Crippen LogP contribution in [0.2, 0.25) is 0 Å². The topological polar surface area (TPSA) is 86.5 Å². The van der Waals surface area contributed by atoms with Crippen LogP contribution >= 0.6 is 17.2 Å². The normalized spacial score (nSPS) is 13.2. The van der Waals surface area contributed by atoms with Crippen LogP contribution in [0.3, 0.4) is 0 Å². The van der Waals surface area contributed by atoms with Crippen LogP contribution in [0.1, 0.15) is 110 Å². The van der Waals surface area contributed by atoms with Gasteiger partial charge in [0.15, 0.2) is 0 Å². The second-order valence-corrected chi connectivity index (χ2v) is 15.1.